The van der Waals surface area contributed by atoms with Gasteiger partial charge in [0.1, 0.15) is 0 Å². The number of aromatic nitrogens is 4. The average Bonchev–Trinajstić information content (AvgIpc) is 2.87. The van der Waals surface area contributed by atoms with E-state index in [9.17, 15) is 14.4 Å². The second kappa shape index (κ2) is 5.43. The predicted molar refractivity (Wildman–Crippen MR) is 76.5 cm³/mol. The molecule has 3 N–H and O–H groups in total. The number of carbonyl (C=O) groups is 1. The molecule has 2 rings (SSSR count). The van der Waals surface area contributed by atoms with E-state index in [1.807, 2.05) is 0 Å². The lowest BCUT2D eigenvalue weighted by molar-refractivity contribution is -0.141. The molecule has 0 bridgehead atoms. The number of aryl methyl sites for hydroxylation is 1. The van der Waals surface area contributed by atoms with Gasteiger partial charge in [-0.1, -0.05) is 6.92 Å². The Morgan fingerprint density at radius 3 is 2.62 bits per heavy atom. The van der Waals surface area contributed by atoms with Gasteiger partial charge in [0.2, 0.25) is 5.95 Å². The minimum atomic E-state index is -0.899. The lowest BCUT2D eigenvalue weighted by Crippen LogP contribution is -2.36. The maximum Gasteiger partial charge on any atom is 0.332 e. The van der Waals surface area contributed by atoms with Gasteiger partial charge >= 0.3 is 11.7 Å². The third kappa shape index (κ3) is 2.54. The summed E-state index contributed by atoms with van der Waals surface area (Å²) >= 11 is 0. The first kappa shape index (κ1) is 14.8. The summed E-state index contributed by atoms with van der Waals surface area (Å²) in [4.78, 5) is 41.6. The number of hydrogen-bond acceptors (Lipinski definition) is 5. The Hall–Kier alpha value is -2.58. The zero-order chi connectivity index (χ0) is 15.7. The molecule has 0 aliphatic heterocycles. The minimum Gasteiger partial charge on any atom is -0.481 e. The fourth-order valence-electron chi connectivity index (χ4n) is 2.04. The molecule has 0 amide bonds. The van der Waals surface area contributed by atoms with Gasteiger partial charge in [0.15, 0.2) is 11.2 Å². The molecule has 0 aliphatic carbocycles. The van der Waals surface area contributed by atoms with Crippen LogP contribution in [0.1, 0.15) is 13.3 Å². The summed E-state index contributed by atoms with van der Waals surface area (Å²) in [6, 6.07) is 0. The molecule has 1 atom stereocenters. The van der Waals surface area contributed by atoms with E-state index in [2.05, 4.69) is 15.3 Å². The molecule has 0 spiro atoms. The zero-order valence-corrected chi connectivity index (χ0v) is 12.0. The lowest BCUT2D eigenvalue weighted by atomic mass is 10.1. The van der Waals surface area contributed by atoms with Crippen molar-refractivity contribution in [1.29, 1.82) is 0 Å². The maximum absolute atomic E-state index is 12.0. The van der Waals surface area contributed by atoms with E-state index in [1.54, 1.807) is 6.92 Å². The van der Waals surface area contributed by atoms with E-state index in [-0.39, 0.29) is 23.7 Å². The highest BCUT2D eigenvalue weighted by atomic mass is 16.4. The van der Waals surface area contributed by atoms with Crippen LogP contribution in [-0.2, 0) is 18.9 Å². The molecule has 0 radical (unpaired) electrons. The first-order valence-corrected chi connectivity index (χ1v) is 6.49. The first-order valence-electron chi connectivity index (χ1n) is 6.49. The van der Waals surface area contributed by atoms with Crippen LogP contribution in [0.5, 0.6) is 0 Å². The molecule has 0 aliphatic rings. The van der Waals surface area contributed by atoms with E-state index in [0.717, 1.165) is 4.57 Å². The van der Waals surface area contributed by atoms with Crippen molar-refractivity contribution in [2.45, 2.75) is 13.3 Å². The number of H-pyrrole nitrogens is 1. The van der Waals surface area contributed by atoms with Crippen LogP contribution in [0.2, 0.25) is 0 Å². The summed E-state index contributed by atoms with van der Waals surface area (Å²) in [6.45, 7) is 1.96. The van der Waals surface area contributed by atoms with Crippen molar-refractivity contribution >= 4 is 23.1 Å². The van der Waals surface area contributed by atoms with Gasteiger partial charge in [-0.2, -0.15) is 4.98 Å². The highest BCUT2D eigenvalue weighted by molar-refractivity contribution is 5.73. The predicted octanol–water partition coefficient (Wildman–Crippen LogP) is -0.517. The number of carboxylic acids is 1. The number of rotatable bonds is 5. The fourth-order valence-corrected chi connectivity index (χ4v) is 2.04. The zero-order valence-electron chi connectivity index (χ0n) is 12.0. The van der Waals surface area contributed by atoms with Gasteiger partial charge in [0, 0.05) is 20.6 Å². The van der Waals surface area contributed by atoms with Gasteiger partial charge in [0.05, 0.1) is 5.92 Å². The molecule has 0 saturated heterocycles. The Balaban J connectivity index is 2.38. The molecule has 0 saturated carbocycles. The number of carboxylic acid groups (broad SMARTS) is 1. The molecule has 0 fully saturated rings. The molecule has 9 heteroatoms. The lowest BCUT2D eigenvalue weighted by Gasteiger charge is -2.09. The van der Waals surface area contributed by atoms with Gasteiger partial charge < -0.3 is 15.4 Å². The molecule has 2 heterocycles. The molecule has 9 nitrogen and oxygen atoms in total. The summed E-state index contributed by atoms with van der Waals surface area (Å²) in [6.07, 6.45) is 0.475. The number of anilines is 1. The Bertz CT molecular complexity index is 800. The Morgan fingerprint density at radius 2 is 2.05 bits per heavy atom. The van der Waals surface area contributed by atoms with Crippen molar-refractivity contribution < 1.29 is 9.90 Å². The van der Waals surface area contributed by atoms with E-state index in [0.29, 0.717) is 6.42 Å². The number of imidazole rings is 1. The molecule has 21 heavy (non-hydrogen) atoms. The molecule has 1 unspecified atom stereocenters. The van der Waals surface area contributed by atoms with Crippen LogP contribution in [0.15, 0.2) is 9.59 Å². The van der Waals surface area contributed by atoms with Crippen LogP contribution in [0.3, 0.4) is 0 Å². The van der Waals surface area contributed by atoms with Gasteiger partial charge in [-0.25, -0.2) is 4.79 Å². The van der Waals surface area contributed by atoms with Crippen LogP contribution in [-0.4, -0.2) is 36.7 Å². The normalized spacial score (nSPS) is 12.5. The average molecular weight is 295 g/mol. The van der Waals surface area contributed by atoms with Gasteiger partial charge in [-0.05, 0) is 6.42 Å². The summed E-state index contributed by atoms with van der Waals surface area (Å²) in [7, 11) is 2.90. The highest BCUT2D eigenvalue weighted by Crippen LogP contribution is 2.10. The monoisotopic (exact) mass is 295 g/mol. The summed E-state index contributed by atoms with van der Waals surface area (Å²) in [5.41, 5.74) is -0.513. The van der Waals surface area contributed by atoms with E-state index < -0.39 is 23.1 Å². The van der Waals surface area contributed by atoms with Crippen molar-refractivity contribution in [2.24, 2.45) is 20.0 Å². The second-order valence-corrected chi connectivity index (χ2v) is 4.81. The highest BCUT2D eigenvalue weighted by Gasteiger charge is 2.17. The first-order chi connectivity index (χ1) is 9.86. The molecule has 0 aromatic carbocycles. The van der Waals surface area contributed by atoms with Crippen LogP contribution in [0.4, 0.5) is 5.95 Å². The van der Waals surface area contributed by atoms with Gasteiger partial charge in [-0.3, -0.25) is 18.7 Å². The third-order valence-electron chi connectivity index (χ3n) is 3.45. The van der Waals surface area contributed by atoms with E-state index >= 15 is 0 Å². The standard InChI is InChI=1S/C12H17N5O4/c1-4-6(10(19)20)5-13-11-14-7-8(15-11)16(2)12(21)17(3)9(7)18/h6H,4-5H2,1-3H3,(H,19,20)(H2,13,14,15). The molecule has 114 valence electrons. The van der Waals surface area contributed by atoms with Crippen LogP contribution < -0.4 is 16.6 Å². The maximum atomic E-state index is 12.0. The fraction of sp³-hybridized carbons (Fsp3) is 0.500. The Morgan fingerprint density at radius 1 is 1.38 bits per heavy atom. The summed E-state index contributed by atoms with van der Waals surface area (Å²) < 4.78 is 2.24. The van der Waals surface area contributed by atoms with Crippen LogP contribution in [0, 0.1) is 5.92 Å². The number of nitrogens with zero attached hydrogens (tertiary/aromatic N) is 3. The van der Waals surface area contributed by atoms with Crippen LogP contribution >= 0.6 is 0 Å². The summed E-state index contributed by atoms with van der Waals surface area (Å²) in [5.74, 6) is -1.18. The van der Waals surface area contributed by atoms with Crippen molar-refractivity contribution in [1.82, 2.24) is 19.1 Å². The number of aromatic amines is 1. The molecule has 2 aromatic rings. The van der Waals surface area contributed by atoms with E-state index in [1.165, 1.54) is 18.7 Å². The third-order valence-corrected chi connectivity index (χ3v) is 3.45. The Kier molecular flexibility index (Phi) is 3.83. The quantitative estimate of drug-likeness (QED) is 0.682. The molecule has 2 aromatic heterocycles. The van der Waals surface area contributed by atoms with Crippen molar-refractivity contribution in [3.8, 4) is 0 Å². The summed E-state index contributed by atoms with van der Waals surface area (Å²) in [5, 5.41) is 11.8. The van der Waals surface area contributed by atoms with Crippen LogP contribution in [0.25, 0.3) is 11.2 Å². The van der Waals surface area contributed by atoms with Gasteiger partial charge in [-0.15, -0.1) is 0 Å². The molecular weight excluding hydrogens is 278 g/mol. The minimum absolute atomic E-state index is 0.180. The van der Waals surface area contributed by atoms with Gasteiger partial charge in [0.25, 0.3) is 5.56 Å². The molecular formula is C12H17N5O4. The van der Waals surface area contributed by atoms with Crippen molar-refractivity contribution in [3.63, 3.8) is 0 Å². The Labute approximate surface area is 119 Å². The smallest absolute Gasteiger partial charge is 0.332 e. The van der Waals surface area contributed by atoms with Crippen molar-refractivity contribution in [3.05, 3.63) is 20.8 Å². The topological polar surface area (TPSA) is 122 Å². The number of fused-ring (bicyclic) bond motifs is 1. The number of aliphatic carboxylic acids is 1. The second-order valence-electron chi connectivity index (χ2n) is 4.81. The van der Waals surface area contributed by atoms with Crippen molar-refractivity contribution in [2.75, 3.05) is 11.9 Å². The SMILES string of the molecule is CCC(CNc1nc2c([nH]1)c(=O)n(C)c(=O)n2C)C(=O)O. The number of hydrogen-bond donors (Lipinski definition) is 3. The number of nitrogens with one attached hydrogen (secondary N) is 2. The largest absolute Gasteiger partial charge is 0.481 e. The van der Waals surface area contributed by atoms with E-state index in [4.69, 9.17) is 5.11 Å².